The number of alkyl halides is 1. The zero-order valence-corrected chi connectivity index (χ0v) is 15.2. The molecule has 0 radical (unpaired) electrons. The Labute approximate surface area is 146 Å². The van der Waals surface area contributed by atoms with Gasteiger partial charge < -0.3 is 10.1 Å². The zero-order valence-electron chi connectivity index (χ0n) is 13.6. The first-order chi connectivity index (χ1) is 11.0. The summed E-state index contributed by atoms with van der Waals surface area (Å²) in [4.78, 5) is 13.0. The van der Waals surface area contributed by atoms with Gasteiger partial charge in [-0.15, -0.1) is 0 Å². The molecule has 4 aliphatic rings. The quantitative estimate of drug-likeness (QED) is 0.803. The van der Waals surface area contributed by atoms with Crippen LogP contribution in [0.15, 0.2) is 24.3 Å². The van der Waals surface area contributed by atoms with Gasteiger partial charge in [-0.1, -0.05) is 28.1 Å². The molecule has 4 heteroatoms. The number of methoxy groups -OCH3 is 1. The highest BCUT2D eigenvalue weighted by Crippen LogP contribution is 2.64. The molecule has 3 nitrogen and oxygen atoms in total. The highest BCUT2D eigenvalue weighted by atomic mass is 79.9. The predicted octanol–water partition coefficient (Wildman–Crippen LogP) is 4.05. The van der Waals surface area contributed by atoms with Gasteiger partial charge in [0, 0.05) is 10.9 Å². The SMILES string of the molecule is COc1ccc(CNC(=O)C23C[C@H]4C[C@@H](CC(Br)(C4)C2)C3)cc1. The van der Waals surface area contributed by atoms with Crippen molar-refractivity contribution in [3.8, 4) is 5.75 Å². The average molecular weight is 378 g/mol. The first-order valence-electron chi connectivity index (χ1n) is 8.60. The van der Waals surface area contributed by atoms with Crippen molar-refractivity contribution in [1.29, 1.82) is 0 Å². The van der Waals surface area contributed by atoms with E-state index in [0.717, 1.165) is 42.4 Å². The number of nitrogens with one attached hydrogen (secondary N) is 1. The number of benzene rings is 1. The summed E-state index contributed by atoms with van der Waals surface area (Å²) >= 11 is 3.98. The lowest BCUT2D eigenvalue weighted by Crippen LogP contribution is -2.58. The molecule has 0 saturated heterocycles. The van der Waals surface area contributed by atoms with E-state index in [4.69, 9.17) is 4.74 Å². The van der Waals surface area contributed by atoms with Crippen molar-refractivity contribution in [3.63, 3.8) is 0 Å². The van der Waals surface area contributed by atoms with Crippen molar-refractivity contribution in [2.75, 3.05) is 7.11 Å². The average Bonchev–Trinajstić information content (AvgIpc) is 2.50. The summed E-state index contributed by atoms with van der Waals surface area (Å²) in [6.45, 7) is 0.606. The maximum absolute atomic E-state index is 13.0. The van der Waals surface area contributed by atoms with Gasteiger partial charge in [0.15, 0.2) is 0 Å². The van der Waals surface area contributed by atoms with Crippen LogP contribution in [0.1, 0.15) is 44.1 Å². The summed E-state index contributed by atoms with van der Waals surface area (Å²) in [6.07, 6.45) is 7.05. The van der Waals surface area contributed by atoms with Gasteiger partial charge in [0.25, 0.3) is 0 Å². The molecule has 4 fully saturated rings. The summed E-state index contributed by atoms with van der Waals surface area (Å²) in [5.41, 5.74) is 0.998. The smallest absolute Gasteiger partial charge is 0.226 e. The van der Waals surface area contributed by atoms with Gasteiger partial charge in [-0.05, 0) is 68.1 Å². The minimum Gasteiger partial charge on any atom is -0.497 e. The van der Waals surface area contributed by atoms with Crippen LogP contribution in [0, 0.1) is 17.3 Å². The number of hydrogen-bond donors (Lipinski definition) is 1. The van der Waals surface area contributed by atoms with Crippen molar-refractivity contribution in [2.24, 2.45) is 17.3 Å². The molecule has 23 heavy (non-hydrogen) atoms. The van der Waals surface area contributed by atoms with Gasteiger partial charge in [0.1, 0.15) is 5.75 Å². The molecule has 1 aromatic rings. The second kappa shape index (κ2) is 5.51. The molecule has 124 valence electrons. The maximum atomic E-state index is 13.0. The standard InChI is InChI=1S/C19H24BrNO2/c1-23-16-4-2-13(3-5-16)11-21-17(22)18-7-14-6-15(8-18)10-19(20,9-14)12-18/h2-5,14-15H,6-12H2,1H3,(H,21,22)/t14-,15-,18?,19?/m1/s1. The highest BCUT2D eigenvalue weighted by molar-refractivity contribution is 9.10. The van der Waals surface area contributed by atoms with Crippen LogP contribution in [0.3, 0.4) is 0 Å². The Balaban J connectivity index is 1.44. The van der Waals surface area contributed by atoms with E-state index in [2.05, 4.69) is 21.2 Å². The Kier molecular flexibility index (Phi) is 3.71. The van der Waals surface area contributed by atoms with Crippen molar-refractivity contribution >= 4 is 21.8 Å². The van der Waals surface area contributed by atoms with Crippen LogP contribution < -0.4 is 10.1 Å². The van der Waals surface area contributed by atoms with Crippen LogP contribution in [0.4, 0.5) is 0 Å². The number of rotatable bonds is 4. The number of carbonyl (C=O) groups excluding carboxylic acids is 1. The summed E-state index contributed by atoms with van der Waals surface area (Å²) in [5.74, 6) is 2.60. The molecule has 0 spiro atoms. The van der Waals surface area contributed by atoms with E-state index < -0.39 is 0 Å². The number of hydrogen-bond acceptors (Lipinski definition) is 2. The molecule has 5 rings (SSSR count). The molecule has 1 N–H and O–H groups in total. The van der Waals surface area contributed by atoms with E-state index in [1.807, 2.05) is 24.3 Å². The Morgan fingerprint density at radius 2 is 1.87 bits per heavy atom. The number of carbonyl (C=O) groups is 1. The Hall–Kier alpha value is -1.03. The predicted molar refractivity (Wildman–Crippen MR) is 93.6 cm³/mol. The lowest BCUT2D eigenvalue weighted by Gasteiger charge is -2.59. The third-order valence-electron chi connectivity index (χ3n) is 6.08. The highest BCUT2D eigenvalue weighted by Gasteiger charge is 2.59. The monoisotopic (exact) mass is 377 g/mol. The van der Waals surface area contributed by atoms with E-state index in [-0.39, 0.29) is 15.6 Å². The van der Waals surface area contributed by atoms with Gasteiger partial charge in [0.2, 0.25) is 5.91 Å². The third kappa shape index (κ3) is 2.79. The van der Waals surface area contributed by atoms with E-state index in [1.165, 1.54) is 19.3 Å². The summed E-state index contributed by atoms with van der Waals surface area (Å²) in [6, 6.07) is 7.93. The third-order valence-corrected chi connectivity index (χ3v) is 7.01. The normalized spacial score (nSPS) is 37.7. The number of ether oxygens (including phenoxy) is 1. The summed E-state index contributed by atoms with van der Waals surface area (Å²) in [5, 5.41) is 3.21. The van der Waals surface area contributed by atoms with Gasteiger partial charge in [-0.2, -0.15) is 0 Å². The first kappa shape index (κ1) is 15.5. The van der Waals surface area contributed by atoms with Crippen molar-refractivity contribution in [1.82, 2.24) is 5.32 Å². The van der Waals surface area contributed by atoms with E-state index in [0.29, 0.717) is 6.54 Å². The Morgan fingerprint density at radius 1 is 1.22 bits per heavy atom. The van der Waals surface area contributed by atoms with Crippen molar-refractivity contribution in [3.05, 3.63) is 29.8 Å². The molecule has 4 aliphatic carbocycles. The molecule has 2 atom stereocenters. The van der Waals surface area contributed by atoms with Gasteiger partial charge in [-0.3, -0.25) is 4.79 Å². The Bertz CT molecular complexity index is 598. The van der Waals surface area contributed by atoms with E-state index >= 15 is 0 Å². The van der Waals surface area contributed by atoms with Crippen LogP contribution in [0.2, 0.25) is 0 Å². The van der Waals surface area contributed by atoms with Crippen molar-refractivity contribution < 1.29 is 9.53 Å². The van der Waals surface area contributed by atoms with Gasteiger partial charge in [0.05, 0.1) is 12.5 Å². The topological polar surface area (TPSA) is 38.3 Å². The molecule has 0 aliphatic heterocycles. The molecular weight excluding hydrogens is 354 g/mol. The molecule has 1 amide bonds. The Morgan fingerprint density at radius 3 is 2.43 bits per heavy atom. The lowest BCUT2D eigenvalue weighted by atomic mass is 9.49. The second-order valence-electron chi connectivity index (χ2n) is 7.92. The molecule has 4 saturated carbocycles. The second-order valence-corrected chi connectivity index (χ2v) is 9.61. The van der Waals surface area contributed by atoms with Crippen LogP contribution in [-0.2, 0) is 11.3 Å². The van der Waals surface area contributed by atoms with Crippen LogP contribution >= 0.6 is 15.9 Å². The summed E-state index contributed by atoms with van der Waals surface area (Å²) < 4.78 is 5.41. The number of halogens is 1. The van der Waals surface area contributed by atoms with Gasteiger partial charge in [-0.25, -0.2) is 0 Å². The molecule has 1 aromatic carbocycles. The fraction of sp³-hybridized carbons (Fsp3) is 0.632. The zero-order chi connectivity index (χ0) is 16.1. The molecule has 0 aromatic heterocycles. The van der Waals surface area contributed by atoms with E-state index in [1.54, 1.807) is 7.11 Å². The minimum absolute atomic E-state index is 0.125. The van der Waals surface area contributed by atoms with Crippen LogP contribution in [0.5, 0.6) is 5.75 Å². The number of amides is 1. The lowest BCUT2D eigenvalue weighted by molar-refractivity contribution is -0.144. The minimum atomic E-state index is -0.125. The molecule has 0 unspecified atom stereocenters. The fourth-order valence-electron chi connectivity index (χ4n) is 5.53. The van der Waals surface area contributed by atoms with Crippen LogP contribution in [0.25, 0.3) is 0 Å². The fourth-order valence-corrected chi connectivity index (χ4v) is 6.98. The van der Waals surface area contributed by atoms with E-state index in [9.17, 15) is 4.79 Å². The molecule has 4 bridgehead atoms. The maximum Gasteiger partial charge on any atom is 0.226 e. The van der Waals surface area contributed by atoms with Gasteiger partial charge >= 0.3 is 0 Å². The molecule has 0 heterocycles. The summed E-state index contributed by atoms with van der Waals surface area (Å²) in [7, 11) is 1.67. The largest absolute Gasteiger partial charge is 0.497 e. The molecular formula is C19H24BrNO2. The van der Waals surface area contributed by atoms with Crippen molar-refractivity contribution in [2.45, 2.75) is 49.4 Å². The first-order valence-corrected chi connectivity index (χ1v) is 9.40. The van der Waals surface area contributed by atoms with Crippen LogP contribution in [-0.4, -0.2) is 17.3 Å².